The Morgan fingerprint density at radius 2 is 1.56 bits per heavy atom. The molecule has 0 amide bonds. The van der Waals surface area contributed by atoms with Gasteiger partial charge in [-0.2, -0.15) is 0 Å². The van der Waals surface area contributed by atoms with Crippen molar-refractivity contribution in [2.45, 2.75) is 19.8 Å². The molecule has 0 aromatic rings. The zero-order valence-corrected chi connectivity index (χ0v) is 11.7. The second kappa shape index (κ2) is 6.82. The third kappa shape index (κ3) is 3.43. The zero-order valence-electron chi connectivity index (χ0n) is 9.54. The largest absolute Gasteiger partial charge is 0.468 e. The lowest BCUT2D eigenvalue weighted by Crippen LogP contribution is -2.43. The van der Waals surface area contributed by atoms with Gasteiger partial charge in [0.05, 0.1) is 14.2 Å². The molecule has 0 aliphatic rings. The highest BCUT2D eigenvalue weighted by Crippen LogP contribution is 2.31. The fourth-order valence-electron chi connectivity index (χ4n) is 1.50. The first-order valence-electron chi connectivity index (χ1n) is 4.67. The number of halogens is 1. The van der Waals surface area contributed by atoms with Gasteiger partial charge in [0, 0.05) is 10.8 Å². The summed E-state index contributed by atoms with van der Waals surface area (Å²) >= 11 is 2.03. The molecule has 0 aliphatic heterocycles. The monoisotopic (exact) mass is 342 g/mol. The third-order valence-corrected chi connectivity index (χ3v) is 2.76. The van der Waals surface area contributed by atoms with Gasteiger partial charge in [0.2, 0.25) is 0 Å². The lowest BCUT2D eigenvalue weighted by Gasteiger charge is -2.26. The average molecular weight is 342 g/mol. The summed E-state index contributed by atoms with van der Waals surface area (Å²) in [5.74, 6) is -1.68. The van der Waals surface area contributed by atoms with E-state index in [1.807, 2.05) is 22.6 Å². The van der Waals surface area contributed by atoms with Gasteiger partial charge in [-0.3, -0.25) is 14.4 Å². The number of esters is 2. The Hall–Kier alpha value is -0.660. The van der Waals surface area contributed by atoms with Gasteiger partial charge >= 0.3 is 11.9 Å². The maximum Gasteiger partial charge on any atom is 0.323 e. The van der Waals surface area contributed by atoms with E-state index in [4.69, 9.17) is 0 Å². The fourth-order valence-corrected chi connectivity index (χ4v) is 2.42. The SMILES string of the molecule is COC(=O)C(CCI)(CC(C)=O)C(=O)OC. The molecule has 16 heavy (non-hydrogen) atoms. The van der Waals surface area contributed by atoms with E-state index in [1.54, 1.807) is 0 Å². The van der Waals surface area contributed by atoms with Crippen molar-refractivity contribution in [3.05, 3.63) is 0 Å². The molecule has 0 N–H and O–H groups in total. The number of alkyl halides is 1. The van der Waals surface area contributed by atoms with Crippen LogP contribution in [0.5, 0.6) is 0 Å². The minimum absolute atomic E-state index is 0.185. The molecule has 0 saturated heterocycles. The Balaban J connectivity index is 5.28. The summed E-state index contributed by atoms with van der Waals surface area (Å²) in [6.07, 6.45) is 0.0435. The molecular formula is C10H15IO5. The van der Waals surface area contributed by atoms with Crippen LogP contribution in [0.4, 0.5) is 0 Å². The number of carbonyl (C=O) groups excluding carboxylic acids is 3. The number of ketones is 1. The first-order chi connectivity index (χ1) is 7.44. The van der Waals surface area contributed by atoms with E-state index in [2.05, 4.69) is 9.47 Å². The van der Waals surface area contributed by atoms with Crippen LogP contribution in [0.15, 0.2) is 0 Å². The summed E-state index contributed by atoms with van der Waals surface area (Å²) in [7, 11) is 2.38. The molecule has 0 aromatic heterocycles. The number of methoxy groups -OCH3 is 2. The normalized spacial score (nSPS) is 10.8. The molecule has 0 spiro atoms. The van der Waals surface area contributed by atoms with Crippen LogP contribution in [-0.4, -0.2) is 36.4 Å². The molecule has 0 bridgehead atoms. The average Bonchev–Trinajstić information content (AvgIpc) is 2.25. The Labute approximate surface area is 108 Å². The molecule has 0 radical (unpaired) electrons. The van der Waals surface area contributed by atoms with Crippen LogP contribution in [0, 0.1) is 5.41 Å². The lowest BCUT2D eigenvalue weighted by atomic mass is 9.80. The van der Waals surface area contributed by atoms with Crippen LogP contribution in [-0.2, 0) is 23.9 Å². The van der Waals surface area contributed by atoms with E-state index in [-0.39, 0.29) is 18.6 Å². The van der Waals surface area contributed by atoms with E-state index in [9.17, 15) is 14.4 Å². The number of ether oxygens (including phenoxy) is 2. The minimum Gasteiger partial charge on any atom is -0.468 e. The van der Waals surface area contributed by atoms with E-state index < -0.39 is 17.4 Å². The van der Waals surface area contributed by atoms with Crippen molar-refractivity contribution in [3.8, 4) is 0 Å². The highest BCUT2D eigenvalue weighted by molar-refractivity contribution is 14.1. The summed E-state index contributed by atoms with van der Waals surface area (Å²) in [5, 5.41) is 0. The van der Waals surface area contributed by atoms with Gasteiger partial charge in [-0.15, -0.1) is 0 Å². The van der Waals surface area contributed by atoms with Crippen LogP contribution >= 0.6 is 22.6 Å². The molecule has 0 saturated carbocycles. The number of hydrogen-bond donors (Lipinski definition) is 0. The summed E-state index contributed by atoms with van der Waals surface area (Å²) < 4.78 is 9.74. The van der Waals surface area contributed by atoms with Crippen molar-refractivity contribution < 1.29 is 23.9 Å². The van der Waals surface area contributed by atoms with Crippen molar-refractivity contribution in [1.82, 2.24) is 0 Å². The second-order valence-corrected chi connectivity index (χ2v) is 4.46. The van der Waals surface area contributed by atoms with E-state index in [0.29, 0.717) is 4.43 Å². The molecule has 0 atom stereocenters. The van der Waals surface area contributed by atoms with Gasteiger partial charge in [0.1, 0.15) is 5.78 Å². The first kappa shape index (κ1) is 15.3. The van der Waals surface area contributed by atoms with Gasteiger partial charge < -0.3 is 9.47 Å². The van der Waals surface area contributed by atoms with Crippen LogP contribution < -0.4 is 0 Å². The van der Waals surface area contributed by atoms with Crippen LogP contribution in [0.25, 0.3) is 0 Å². The molecule has 92 valence electrons. The summed E-state index contributed by atoms with van der Waals surface area (Å²) in [4.78, 5) is 34.5. The van der Waals surface area contributed by atoms with Crippen molar-refractivity contribution >= 4 is 40.3 Å². The van der Waals surface area contributed by atoms with Crippen LogP contribution in [0.2, 0.25) is 0 Å². The predicted octanol–water partition coefficient (Wildman–Crippen LogP) is 1.12. The summed E-state index contributed by atoms with van der Waals surface area (Å²) in [6.45, 7) is 1.33. The molecule has 6 heteroatoms. The fraction of sp³-hybridized carbons (Fsp3) is 0.700. The summed E-state index contributed by atoms with van der Waals surface area (Å²) in [5.41, 5.74) is -1.49. The predicted molar refractivity (Wildman–Crippen MR) is 65.3 cm³/mol. The number of hydrogen-bond acceptors (Lipinski definition) is 5. The Morgan fingerprint density at radius 3 is 1.81 bits per heavy atom. The second-order valence-electron chi connectivity index (χ2n) is 3.38. The Morgan fingerprint density at radius 1 is 1.12 bits per heavy atom. The smallest absolute Gasteiger partial charge is 0.323 e. The molecule has 0 unspecified atom stereocenters. The Bertz CT molecular complexity index is 271. The molecule has 0 rings (SSSR count). The van der Waals surface area contributed by atoms with Crippen molar-refractivity contribution in [3.63, 3.8) is 0 Å². The van der Waals surface area contributed by atoms with E-state index in [0.717, 1.165) is 0 Å². The number of Topliss-reactive ketones (excluding diaryl/α,β-unsaturated/α-hetero) is 1. The van der Waals surface area contributed by atoms with Gasteiger partial charge in [-0.05, 0) is 13.3 Å². The minimum atomic E-state index is -1.49. The van der Waals surface area contributed by atoms with Crippen molar-refractivity contribution in [2.75, 3.05) is 18.6 Å². The maximum absolute atomic E-state index is 11.7. The van der Waals surface area contributed by atoms with Crippen LogP contribution in [0.3, 0.4) is 0 Å². The highest BCUT2D eigenvalue weighted by Gasteiger charge is 2.48. The lowest BCUT2D eigenvalue weighted by molar-refractivity contribution is -0.171. The van der Waals surface area contributed by atoms with E-state index >= 15 is 0 Å². The van der Waals surface area contributed by atoms with E-state index in [1.165, 1.54) is 21.1 Å². The molecule has 0 heterocycles. The first-order valence-corrected chi connectivity index (χ1v) is 6.19. The number of carbonyl (C=O) groups is 3. The third-order valence-electron chi connectivity index (χ3n) is 2.22. The van der Waals surface area contributed by atoms with Crippen molar-refractivity contribution in [2.24, 2.45) is 5.41 Å². The quantitative estimate of drug-likeness (QED) is 0.313. The maximum atomic E-state index is 11.7. The zero-order chi connectivity index (χ0) is 12.8. The number of rotatable bonds is 6. The molecule has 0 fully saturated rings. The van der Waals surface area contributed by atoms with Gasteiger partial charge in [-0.1, -0.05) is 22.6 Å². The standard InChI is InChI=1S/C10H15IO5/c1-7(12)6-10(4-5-11,8(13)15-2)9(14)16-3/h4-6H2,1-3H3. The van der Waals surface area contributed by atoms with Crippen LogP contribution in [0.1, 0.15) is 19.8 Å². The molecule has 0 aromatic carbocycles. The van der Waals surface area contributed by atoms with Gasteiger partial charge in [0.15, 0.2) is 5.41 Å². The topological polar surface area (TPSA) is 69.7 Å². The van der Waals surface area contributed by atoms with Gasteiger partial charge in [-0.25, -0.2) is 0 Å². The Kier molecular flexibility index (Phi) is 6.54. The van der Waals surface area contributed by atoms with Crippen molar-refractivity contribution in [1.29, 1.82) is 0 Å². The summed E-state index contributed by atoms with van der Waals surface area (Å²) in [6, 6.07) is 0. The van der Waals surface area contributed by atoms with Gasteiger partial charge in [0.25, 0.3) is 0 Å². The highest BCUT2D eigenvalue weighted by atomic mass is 127. The molecular weight excluding hydrogens is 327 g/mol. The molecule has 5 nitrogen and oxygen atoms in total. The molecule has 0 aliphatic carbocycles.